The van der Waals surface area contributed by atoms with E-state index in [9.17, 15) is 0 Å². The van der Waals surface area contributed by atoms with Crippen molar-refractivity contribution in [3.63, 3.8) is 0 Å². The van der Waals surface area contributed by atoms with Crippen molar-refractivity contribution in [2.24, 2.45) is 0 Å². The summed E-state index contributed by atoms with van der Waals surface area (Å²) in [7, 11) is 0. The maximum Gasteiger partial charge on any atom is 0.162 e. The lowest BCUT2D eigenvalue weighted by Gasteiger charge is -2.03. The topological polar surface area (TPSA) is 33.0 Å². The highest BCUT2D eigenvalue weighted by molar-refractivity contribution is 9.10. The average Bonchev–Trinajstić information content (AvgIpc) is 2.08. The molecule has 0 fully saturated rings. The third-order valence-corrected chi connectivity index (χ3v) is 1.87. The molecule has 0 spiro atoms. The Kier molecular flexibility index (Phi) is 3.39. The van der Waals surface area contributed by atoms with Crippen molar-refractivity contribution < 1.29 is 4.74 Å². The Morgan fingerprint density at radius 3 is 2.92 bits per heavy atom. The second kappa shape index (κ2) is 4.34. The van der Waals surface area contributed by atoms with Crippen LogP contribution in [0.5, 0.6) is 5.75 Å². The summed E-state index contributed by atoms with van der Waals surface area (Å²) in [6.45, 7) is 0. The molecule has 1 rings (SSSR count). The second-order valence-electron chi connectivity index (χ2n) is 2.01. The molecule has 0 radical (unpaired) electrons. The fourth-order valence-corrected chi connectivity index (χ4v) is 1.25. The molecule has 1 aromatic carbocycles. The lowest BCUT2D eigenvalue weighted by Crippen LogP contribution is -1.91. The fourth-order valence-electron chi connectivity index (χ4n) is 0.774. The molecule has 0 bridgehead atoms. The summed E-state index contributed by atoms with van der Waals surface area (Å²) in [5.41, 5.74) is 0.477. The van der Waals surface area contributed by atoms with Crippen LogP contribution in [0.4, 0.5) is 0 Å². The van der Waals surface area contributed by atoms with Crippen LogP contribution in [-0.4, -0.2) is 6.07 Å². The molecule has 0 N–H and O–H groups in total. The van der Waals surface area contributed by atoms with Gasteiger partial charge in [-0.3, -0.25) is 0 Å². The van der Waals surface area contributed by atoms with Crippen LogP contribution in [0.1, 0.15) is 5.56 Å². The summed E-state index contributed by atoms with van der Waals surface area (Å²) >= 11 is 8.61. The van der Waals surface area contributed by atoms with Crippen molar-refractivity contribution >= 4 is 27.5 Å². The van der Waals surface area contributed by atoms with E-state index < -0.39 is 0 Å². The van der Waals surface area contributed by atoms with E-state index >= 15 is 0 Å². The maximum absolute atomic E-state index is 8.68. The molecule has 0 aliphatic rings. The van der Waals surface area contributed by atoms with E-state index in [1.165, 1.54) is 0 Å². The smallest absolute Gasteiger partial charge is 0.162 e. The van der Waals surface area contributed by atoms with Crippen molar-refractivity contribution in [1.82, 2.24) is 0 Å². The first-order valence-corrected chi connectivity index (χ1v) is 4.49. The van der Waals surface area contributed by atoms with Crippen molar-refractivity contribution in [2.45, 2.75) is 0 Å². The number of hydrogen-bond acceptors (Lipinski definition) is 2. The van der Waals surface area contributed by atoms with Crippen LogP contribution < -0.4 is 4.74 Å². The molecule has 12 heavy (non-hydrogen) atoms. The molecule has 0 aliphatic heterocycles. The van der Waals surface area contributed by atoms with Crippen LogP contribution in [0.15, 0.2) is 22.7 Å². The Morgan fingerprint density at radius 1 is 1.58 bits per heavy atom. The summed E-state index contributed by atoms with van der Waals surface area (Å²) in [4.78, 5) is 0. The molecular weight excluding hydrogens is 241 g/mol. The first kappa shape index (κ1) is 9.37. The van der Waals surface area contributed by atoms with E-state index in [2.05, 4.69) is 15.9 Å². The number of benzene rings is 1. The normalized spacial score (nSPS) is 9.08. The van der Waals surface area contributed by atoms with E-state index in [4.69, 9.17) is 21.6 Å². The van der Waals surface area contributed by atoms with Gasteiger partial charge < -0.3 is 4.74 Å². The van der Waals surface area contributed by atoms with Gasteiger partial charge in [-0.2, -0.15) is 5.26 Å². The third kappa shape index (κ3) is 2.13. The van der Waals surface area contributed by atoms with Gasteiger partial charge >= 0.3 is 0 Å². The zero-order chi connectivity index (χ0) is 8.97. The van der Waals surface area contributed by atoms with E-state index in [1.54, 1.807) is 18.2 Å². The number of rotatable bonds is 2. The maximum atomic E-state index is 8.68. The van der Waals surface area contributed by atoms with Crippen LogP contribution in [0.2, 0.25) is 0 Å². The van der Waals surface area contributed by atoms with Crippen LogP contribution in [0, 0.1) is 11.3 Å². The molecule has 2 nitrogen and oxygen atoms in total. The predicted octanol–water partition coefficient (Wildman–Crippen LogP) is 2.90. The first-order chi connectivity index (χ1) is 5.77. The molecule has 62 valence electrons. The number of ether oxygens (including phenoxy) is 1. The van der Waals surface area contributed by atoms with Gasteiger partial charge in [0.2, 0.25) is 0 Å². The average molecular weight is 246 g/mol. The van der Waals surface area contributed by atoms with Crippen LogP contribution in [0.25, 0.3) is 0 Å². The van der Waals surface area contributed by atoms with Crippen LogP contribution >= 0.6 is 27.5 Å². The van der Waals surface area contributed by atoms with Gasteiger partial charge in [0.1, 0.15) is 11.8 Å². The highest BCUT2D eigenvalue weighted by atomic mass is 79.9. The molecule has 0 atom stereocenters. The first-order valence-electron chi connectivity index (χ1n) is 3.16. The van der Waals surface area contributed by atoms with Gasteiger partial charge in [0.15, 0.2) is 6.07 Å². The van der Waals surface area contributed by atoms with Gasteiger partial charge in [0.25, 0.3) is 0 Å². The van der Waals surface area contributed by atoms with Crippen LogP contribution in [0.3, 0.4) is 0 Å². The van der Waals surface area contributed by atoms with E-state index in [0.29, 0.717) is 11.3 Å². The summed E-state index contributed by atoms with van der Waals surface area (Å²) in [5, 5.41) is 8.68. The third-order valence-electron chi connectivity index (χ3n) is 1.27. The quantitative estimate of drug-likeness (QED) is 0.752. The van der Waals surface area contributed by atoms with Gasteiger partial charge in [-0.05, 0) is 18.2 Å². The highest BCUT2D eigenvalue weighted by Crippen LogP contribution is 2.22. The van der Waals surface area contributed by atoms with Gasteiger partial charge in [0.05, 0.1) is 5.56 Å². The minimum absolute atomic E-state index is 0.0519. The molecule has 0 saturated carbocycles. The lowest BCUT2D eigenvalue weighted by atomic mass is 10.2. The standard InChI is InChI=1S/C8H5BrClNO/c9-7-1-2-8(12-5-10)6(3-7)4-11/h1-3H,5H2. The predicted molar refractivity (Wildman–Crippen MR) is 50.2 cm³/mol. The molecular formula is C8H5BrClNO. The van der Waals surface area contributed by atoms with Crippen molar-refractivity contribution in [3.8, 4) is 11.8 Å². The Labute approximate surface area is 83.8 Å². The van der Waals surface area contributed by atoms with Gasteiger partial charge in [0, 0.05) is 4.47 Å². The Bertz CT molecular complexity index is 321. The number of halogens is 2. The minimum Gasteiger partial charge on any atom is -0.477 e. The number of alkyl halides is 1. The van der Waals surface area contributed by atoms with Crippen molar-refractivity contribution in [2.75, 3.05) is 6.07 Å². The Hall–Kier alpha value is -0.720. The molecule has 0 heterocycles. The molecule has 1 aromatic rings. The van der Waals surface area contributed by atoms with E-state index in [-0.39, 0.29) is 6.07 Å². The van der Waals surface area contributed by atoms with E-state index in [1.807, 2.05) is 6.07 Å². The highest BCUT2D eigenvalue weighted by Gasteiger charge is 2.02. The molecule has 0 saturated heterocycles. The summed E-state index contributed by atoms with van der Waals surface area (Å²) < 4.78 is 5.85. The summed E-state index contributed by atoms with van der Waals surface area (Å²) in [6.07, 6.45) is 0. The monoisotopic (exact) mass is 245 g/mol. The number of nitriles is 1. The zero-order valence-corrected chi connectivity index (χ0v) is 8.39. The number of nitrogens with zero attached hydrogens (tertiary/aromatic N) is 1. The van der Waals surface area contributed by atoms with Gasteiger partial charge in [-0.25, -0.2) is 0 Å². The second-order valence-corrected chi connectivity index (χ2v) is 3.14. The lowest BCUT2D eigenvalue weighted by molar-refractivity contribution is 0.387. The van der Waals surface area contributed by atoms with Gasteiger partial charge in [-0.1, -0.05) is 27.5 Å². The molecule has 0 aliphatic carbocycles. The Balaban J connectivity index is 3.05. The van der Waals surface area contributed by atoms with Crippen molar-refractivity contribution in [3.05, 3.63) is 28.2 Å². The van der Waals surface area contributed by atoms with Crippen LogP contribution in [-0.2, 0) is 0 Å². The zero-order valence-electron chi connectivity index (χ0n) is 6.05. The fraction of sp³-hybridized carbons (Fsp3) is 0.125. The number of hydrogen-bond donors (Lipinski definition) is 0. The van der Waals surface area contributed by atoms with Gasteiger partial charge in [-0.15, -0.1) is 0 Å². The molecule has 0 unspecified atom stereocenters. The molecule has 0 aromatic heterocycles. The summed E-state index contributed by atoms with van der Waals surface area (Å²) in [6, 6.07) is 7.24. The summed E-state index contributed by atoms with van der Waals surface area (Å²) in [5.74, 6) is 0.510. The van der Waals surface area contributed by atoms with E-state index in [0.717, 1.165) is 4.47 Å². The largest absolute Gasteiger partial charge is 0.477 e. The minimum atomic E-state index is 0.0519. The molecule has 4 heteroatoms. The molecule has 0 amide bonds. The Morgan fingerprint density at radius 2 is 2.33 bits per heavy atom. The van der Waals surface area contributed by atoms with Crippen molar-refractivity contribution in [1.29, 1.82) is 5.26 Å². The SMILES string of the molecule is N#Cc1cc(Br)ccc1OCCl.